The van der Waals surface area contributed by atoms with E-state index in [2.05, 4.69) is 48.0 Å². The Kier molecular flexibility index (Phi) is 3.16. The van der Waals surface area contributed by atoms with Gasteiger partial charge in [0.1, 0.15) is 0 Å². The number of hydrogen-bond donors (Lipinski definition) is 0. The van der Waals surface area contributed by atoms with Gasteiger partial charge in [-0.2, -0.15) is 0 Å². The van der Waals surface area contributed by atoms with Crippen molar-refractivity contribution in [1.82, 2.24) is 19.2 Å². The van der Waals surface area contributed by atoms with Gasteiger partial charge in [0.2, 0.25) is 0 Å². The summed E-state index contributed by atoms with van der Waals surface area (Å²) in [5.41, 5.74) is 5.38. The molecule has 0 aliphatic rings. The molecule has 116 valence electrons. The van der Waals surface area contributed by atoms with E-state index in [1.807, 2.05) is 22.8 Å². The van der Waals surface area contributed by atoms with E-state index in [0.717, 1.165) is 22.6 Å². The number of methoxy groups -OCH3 is 1. The molecular weight excluding hydrogens is 288 g/mol. The summed E-state index contributed by atoms with van der Waals surface area (Å²) in [6, 6.07) is 10.3. The first-order chi connectivity index (χ1) is 11.2. The summed E-state index contributed by atoms with van der Waals surface area (Å²) < 4.78 is 9.20. The summed E-state index contributed by atoms with van der Waals surface area (Å²) in [4.78, 5) is 4.71. The van der Waals surface area contributed by atoms with Crippen LogP contribution in [-0.2, 0) is 18.4 Å². The molecule has 0 saturated carbocycles. The number of ether oxygens (including phenoxy) is 1. The molecule has 0 amide bonds. The third-order valence-corrected chi connectivity index (χ3v) is 4.19. The molecule has 0 aliphatic heterocycles. The van der Waals surface area contributed by atoms with Crippen LogP contribution in [0.5, 0.6) is 0 Å². The fourth-order valence-electron chi connectivity index (χ4n) is 3.08. The molecule has 4 aromatic rings. The molecule has 1 aromatic carbocycles. The lowest BCUT2D eigenvalue weighted by Crippen LogP contribution is -1.94. The second kappa shape index (κ2) is 5.21. The predicted molar refractivity (Wildman–Crippen MR) is 90.4 cm³/mol. The van der Waals surface area contributed by atoms with Crippen molar-refractivity contribution in [2.24, 2.45) is 7.05 Å². The van der Waals surface area contributed by atoms with Crippen molar-refractivity contribution in [3.05, 3.63) is 53.9 Å². The van der Waals surface area contributed by atoms with E-state index in [1.165, 1.54) is 16.5 Å². The molecule has 23 heavy (non-hydrogen) atoms. The predicted octanol–water partition coefficient (Wildman–Crippen LogP) is 3.34. The maximum absolute atomic E-state index is 5.24. The van der Waals surface area contributed by atoms with Crippen molar-refractivity contribution in [2.75, 3.05) is 7.11 Å². The van der Waals surface area contributed by atoms with Gasteiger partial charge in [0.05, 0.1) is 6.61 Å². The van der Waals surface area contributed by atoms with Crippen molar-refractivity contribution in [1.29, 1.82) is 0 Å². The zero-order valence-corrected chi connectivity index (χ0v) is 13.4. The minimum Gasteiger partial charge on any atom is -0.380 e. The normalized spacial score (nSPS) is 11.6. The lowest BCUT2D eigenvalue weighted by Gasteiger charge is -1.99. The van der Waals surface area contributed by atoms with Crippen molar-refractivity contribution < 1.29 is 4.74 Å². The largest absolute Gasteiger partial charge is 0.380 e. The van der Waals surface area contributed by atoms with Crippen LogP contribution in [0.4, 0.5) is 0 Å². The van der Waals surface area contributed by atoms with Crippen molar-refractivity contribution in [3.8, 4) is 11.4 Å². The molecular formula is C18H18N4O. The first kappa shape index (κ1) is 14.0. The third-order valence-electron chi connectivity index (χ3n) is 4.19. The molecule has 0 fully saturated rings. The standard InChI is InChI=1S/C18H18N4O/c1-12-10-21(2)16-7-6-13(9-15(12)16)17-19-18-14(11-23-3)5-4-8-22(18)20-17/h4-10H,11H2,1-3H3. The first-order valence-electron chi connectivity index (χ1n) is 7.56. The van der Waals surface area contributed by atoms with E-state index < -0.39 is 0 Å². The topological polar surface area (TPSA) is 44.4 Å². The Labute approximate surface area is 134 Å². The number of pyridine rings is 1. The molecule has 0 spiro atoms. The highest BCUT2D eigenvalue weighted by Gasteiger charge is 2.11. The summed E-state index contributed by atoms with van der Waals surface area (Å²) in [5, 5.41) is 5.85. The van der Waals surface area contributed by atoms with Crippen molar-refractivity contribution in [2.45, 2.75) is 13.5 Å². The number of hydrogen-bond acceptors (Lipinski definition) is 3. The summed E-state index contributed by atoms with van der Waals surface area (Å²) in [5.74, 6) is 0.735. The summed E-state index contributed by atoms with van der Waals surface area (Å²) in [7, 11) is 3.75. The highest BCUT2D eigenvalue weighted by molar-refractivity contribution is 5.87. The molecule has 0 bridgehead atoms. The van der Waals surface area contributed by atoms with Gasteiger partial charge in [0, 0.05) is 48.6 Å². The Morgan fingerprint density at radius 3 is 2.91 bits per heavy atom. The van der Waals surface area contributed by atoms with E-state index in [9.17, 15) is 0 Å². The number of rotatable bonds is 3. The zero-order valence-electron chi connectivity index (χ0n) is 13.4. The molecule has 0 unspecified atom stereocenters. The molecule has 0 N–H and O–H groups in total. The van der Waals surface area contributed by atoms with Gasteiger partial charge in [-0.15, -0.1) is 5.10 Å². The van der Waals surface area contributed by atoms with E-state index in [-0.39, 0.29) is 0 Å². The zero-order chi connectivity index (χ0) is 16.0. The van der Waals surface area contributed by atoms with Gasteiger partial charge >= 0.3 is 0 Å². The van der Waals surface area contributed by atoms with Gasteiger partial charge < -0.3 is 9.30 Å². The molecule has 0 radical (unpaired) electrons. The maximum Gasteiger partial charge on any atom is 0.182 e. The van der Waals surface area contributed by atoms with E-state index in [1.54, 1.807) is 7.11 Å². The Hall–Kier alpha value is -2.66. The molecule has 0 aliphatic carbocycles. The van der Waals surface area contributed by atoms with Crippen LogP contribution in [0, 0.1) is 6.92 Å². The van der Waals surface area contributed by atoms with Crippen LogP contribution >= 0.6 is 0 Å². The molecule has 5 heteroatoms. The Balaban J connectivity index is 1.88. The summed E-state index contributed by atoms with van der Waals surface area (Å²) in [6.07, 6.45) is 4.06. The second-order valence-electron chi connectivity index (χ2n) is 5.82. The third kappa shape index (κ3) is 2.21. The molecule has 3 aromatic heterocycles. The fourth-order valence-corrected chi connectivity index (χ4v) is 3.08. The van der Waals surface area contributed by atoms with E-state index >= 15 is 0 Å². The molecule has 5 nitrogen and oxygen atoms in total. The van der Waals surface area contributed by atoms with Crippen LogP contribution in [0.15, 0.2) is 42.7 Å². The quantitative estimate of drug-likeness (QED) is 0.583. The van der Waals surface area contributed by atoms with Gasteiger partial charge in [-0.25, -0.2) is 9.50 Å². The van der Waals surface area contributed by atoms with Crippen LogP contribution in [0.3, 0.4) is 0 Å². The fraction of sp³-hybridized carbons (Fsp3) is 0.222. The lowest BCUT2D eigenvalue weighted by molar-refractivity contribution is 0.185. The van der Waals surface area contributed by atoms with Crippen molar-refractivity contribution >= 4 is 16.6 Å². The van der Waals surface area contributed by atoms with Gasteiger partial charge in [-0.3, -0.25) is 0 Å². The number of nitrogens with zero attached hydrogens (tertiary/aromatic N) is 4. The highest BCUT2D eigenvalue weighted by Crippen LogP contribution is 2.26. The number of aryl methyl sites for hydroxylation is 2. The molecule has 0 saturated heterocycles. The van der Waals surface area contributed by atoms with Gasteiger partial charge in [-0.05, 0) is 36.8 Å². The van der Waals surface area contributed by atoms with E-state index in [0.29, 0.717) is 6.61 Å². The highest BCUT2D eigenvalue weighted by atomic mass is 16.5. The lowest BCUT2D eigenvalue weighted by atomic mass is 10.1. The SMILES string of the molecule is COCc1cccn2nc(-c3ccc4c(c3)c(C)cn4C)nc12. The molecule has 4 rings (SSSR count). The van der Waals surface area contributed by atoms with Crippen LogP contribution in [0.1, 0.15) is 11.1 Å². The molecule has 0 atom stereocenters. The molecule has 3 heterocycles. The van der Waals surface area contributed by atoms with Crippen LogP contribution in [0.25, 0.3) is 27.9 Å². The van der Waals surface area contributed by atoms with Gasteiger partial charge in [-0.1, -0.05) is 6.07 Å². The Morgan fingerprint density at radius 1 is 1.22 bits per heavy atom. The number of benzene rings is 1. The second-order valence-corrected chi connectivity index (χ2v) is 5.82. The first-order valence-corrected chi connectivity index (χ1v) is 7.56. The smallest absolute Gasteiger partial charge is 0.182 e. The minimum absolute atomic E-state index is 0.527. The van der Waals surface area contributed by atoms with Crippen LogP contribution < -0.4 is 0 Å². The number of fused-ring (bicyclic) bond motifs is 2. The van der Waals surface area contributed by atoms with E-state index in [4.69, 9.17) is 9.72 Å². The summed E-state index contributed by atoms with van der Waals surface area (Å²) in [6.45, 7) is 2.65. The van der Waals surface area contributed by atoms with Crippen LogP contribution in [-0.4, -0.2) is 26.3 Å². The Bertz CT molecular complexity index is 1010. The van der Waals surface area contributed by atoms with Gasteiger partial charge in [0.25, 0.3) is 0 Å². The Morgan fingerprint density at radius 2 is 2.09 bits per heavy atom. The monoisotopic (exact) mass is 306 g/mol. The number of aromatic nitrogens is 4. The van der Waals surface area contributed by atoms with Gasteiger partial charge in [0.15, 0.2) is 11.5 Å². The minimum atomic E-state index is 0.527. The van der Waals surface area contributed by atoms with Crippen LogP contribution in [0.2, 0.25) is 0 Å². The average Bonchev–Trinajstić information content (AvgIpc) is 3.10. The average molecular weight is 306 g/mol. The summed E-state index contributed by atoms with van der Waals surface area (Å²) >= 11 is 0. The maximum atomic E-state index is 5.24. The van der Waals surface area contributed by atoms with Crippen molar-refractivity contribution in [3.63, 3.8) is 0 Å².